The van der Waals surface area contributed by atoms with E-state index < -0.39 is 6.04 Å². The molecule has 3 unspecified atom stereocenters. The summed E-state index contributed by atoms with van der Waals surface area (Å²) in [5.74, 6) is 0.0120. The number of hydrogen-bond donors (Lipinski definition) is 1. The highest BCUT2D eigenvalue weighted by molar-refractivity contribution is 5.97. The SMILES string of the molecule is CCC1NC(=O)C(CC)N(C(CC)c2ccccc2)C1=O. The molecule has 114 valence electrons. The molecule has 1 heterocycles. The molecule has 1 aromatic carbocycles. The van der Waals surface area contributed by atoms with Crippen LogP contribution in [-0.4, -0.2) is 28.8 Å². The van der Waals surface area contributed by atoms with Gasteiger partial charge in [0.1, 0.15) is 12.1 Å². The summed E-state index contributed by atoms with van der Waals surface area (Å²) in [5.41, 5.74) is 1.09. The van der Waals surface area contributed by atoms with Crippen LogP contribution in [0.25, 0.3) is 0 Å². The Balaban J connectivity index is 2.39. The summed E-state index contributed by atoms with van der Waals surface area (Å²) in [6.07, 6.45) is 2.07. The van der Waals surface area contributed by atoms with Crippen LogP contribution in [0.15, 0.2) is 30.3 Å². The average Bonchev–Trinajstić information content (AvgIpc) is 2.52. The molecule has 0 spiro atoms. The van der Waals surface area contributed by atoms with Crippen molar-refractivity contribution >= 4 is 11.8 Å². The Hall–Kier alpha value is -1.84. The molecule has 21 heavy (non-hydrogen) atoms. The molecule has 1 fully saturated rings. The number of hydrogen-bond acceptors (Lipinski definition) is 2. The molecule has 4 nitrogen and oxygen atoms in total. The number of carbonyl (C=O) groups excluding carboxylic acids is 2. The van der Waals surface area contributed by atoms with E-state index in [1.54, 1.807) is 0 Å². The molecule has 3 atom stereocenters. The molecule has 0 aromatic heterocycles. The van der Waals surface area contributed by atoms with E-state index in [1.807, 2.05) is 49.1 Å². The van der Waals surface area contributed by atoms with Gasteiger partial charge >= 0.3 is 0 Å². The second-order valence-corrected chi connectivity index (χ2v) is 5.47. The fourth-order valence-electron chi connectivity index (χ4n) is 3.09. The van der Waals surface area contributed by atoms with Crippen LogP contribution in [0.5, 0.6) is 0 Å². The number of rotatable bonds is 5. The van der Waals surface area contributed by atoms with E-state index in [9.17, 15) is 9.59 Å². The molecule has 1 N–H and O–H groups in total. The average molecular weight is 288 g/mol. The van der Waals surface area contributed by atoms with E-state index in [2.05, 4.69) is 12.2 Å². The summed E-state index contributed by atoms with van der Waals surface area (Å²) in [5, 5.41) is 2.85. The first-order chi connectivity index (χ1) is 10.1. The molecule has 1 aliphatic heterocycles. The maximum absolute atomic E-state index is 12.8. The first-order valence-electron chi connectivity index (χ1n) is 7.81. The molecule has 1 aliphatic rings. The zero-order valence-corrected chi connectivity index (χ0v) is 13.0. The van der Waals surface area contributed by atoms with Gasteiger partial charge in [-0.15, -0.1) is 0 Å². The first kappa shape index (κ1) is 15.5. The Kier molecular flexibility index (Phi) is 4.99. The number of nitrogens with one attached hydrogen (secondary N) is 1. The van der Waals surface area contributed by atoms with Gasteiger partial charge in [-0.05, 0) is 24.8 Å². The molecule has 0 aliphatic carbocycles. The molecule has 0 saturated carbocycles. The fourth-order valence-corrected chi connectivity index (χ4v) is 3.09. The summed E-state index contributed by atoms with van der Waals surface area (Å²) >= 11 is 0. The summed E-state index contributed by atoms with van der Waals surface area (Å²) in [6, 6.07) is 9.18. The van der Waals surface area contributed by atoms with Gasteiger partial charge in [-0.3, -0.25) is 9.59 Å². The quantitative estimate of drug-likeness (QED) is 0.905. The van der Waals surface area contributed by atoms with Crippen molar-refractivity contribution in [3.8, 4) is 0 Å². The van der Waals surface area contributed by atoms with E-state index >= 15 is 0 Å². The second-order valence-electron chi connectivity index (χ2n) is 5.47. The predicted molar refractivity (Wildman–Crippen MR) is 82.6 cm³/mol. The lowest BCUT2D eigenvalue weighted by Crippen LogP contribution is -2.63. The smallest absolute Gasteiger partial charge is 0.246 e. The summed E-state index contributed by atoms with van der Waals surface area (Å²) in [7, 11) is 0. The Morgan fingerprint density at radius 2 is 1.76 bits per heavy atom. The minimum absolute atomic E-state index is 0.0293. The zero-order valence-electron chi connectivity index (χ0n) is 13.0. The minimum Gasteiger partial charge on any atom is -0.343 e. The highest BCUT2D eigenvalue weighted by atomic mass is 16.2. The van der Waals surface area contributed by atoms with Gasteiger partial charge < -0.3 is 10.2 Å². The van der Waals surface area contributed by atoms with E-state index in [1.165, 1.54) is 0 Å². The molecule has 1 aromatic rings. The number of amides is 2. The van der Waals surface area contributed by atoms with Crippen LogP contribution in [0.4, 0.5) is 0 Å². The number of nitrogens with zero attached hydrogens (tertiary/aromatic N) is 1. The molecule has 2 rings (SSSR count). The maximum atomic E-state index is 12.8. The molecule has 4 heteroatoms. The van der Waals surface area contributed by atoms with Crippen molar-refractivity contribution < 1.29 is 9.59 Å². The van der Waals surface area contributed by atoms with Gasteiger partial charge in [0.25, 0.3) is 0 Å². The Morgan fingerprint density at radius 3 is 2.29 bits per heavy atom. The van der Waals surface area contributed by atoms with Crippen molar-refractivity contribution in [2.45, 2.75) is 58.2 Å². The largest absolute Gasteiger partial charge is 0.343 e. The van der Waals surface area contributed by atoms with Crippen molar-refractivity contribution in [2.75, 3.05) is 0 Å². The van der Waals surface area contributed by atoms with Crippen molar-refractivity contribution in [3.63, 3.8) is 0 Å². The van der Waals surface area contributed by atoms with Crippen molar-refractivity contribution in [1.29, 1.82) is 0 Å². The third-order valence-electron chi connectivity index (χ3n) is 4.21. The number of piperazine rings is 1. The lowest BCUT2D eigenvalue weighted by Gasteiger charge is -2.43. The zero-order chi connectivity index (χ0) is 15.4. The van der Waals surface area contributed by atoms with Gasteiger partial charge in [-0.1, -0.05) is 51.1 Å². The summed E-state index contributed by atoms with van der Waals surface area (Å²) < 4.78 is 0. The number of carbonyl (C=O) groups is 2. The van der Waals surface area contributed by atoms with Crippen LogP contribution in [0, 0.1) is 0 Å². The molecule has 2 amide bonds. The highest BCUT2D eigenvalue weighted by Gasteiger charge is 2.42. The van der Waals surface area contributed by atoms with Gasteiger partial charge in [-0.2, -0.15) is 0 Å². The second kappa shape index (κ2) is 6.74. The molecular formula is C17H24N2O2. The van der Waals surface area contributed by atoms with Crippen LogP contribution in [-0.2, 0) is 9.59 Å². The van der Waals surface area contributed by atoms with Gasteiger partial charge in [0.05, 0.1) is 6.04 Å². The predicted octanol–water partition coefficient (Wildman–Crippen LogP) is 2.65. The van der Waals surface area contributed by atoms with Crippen LogP contribution in [0.2, 0.25) is 0 Å². The highest BCUT2D eigenvalue weighted by Crippen LogP contribution is 2.30. The fraction of sp³-hybridized carbons (Fsp3) is 0.529. The van der Waals surface area contributed by atoms with Gasteiger partial charge in [0, 0.05) is 0 Å². The molecule has 0 radical (unpaired) electrons. The Bertz CT molecular complexity index is 501. The Labute approximate surface area is 126 Å². The van der Waals surface area contributed by atoms with Crippen molar-refractivity contribution in [2.24, 2.45) is 0 Å². The van der Waals surface area contributed by atoms with E-state index in [0.717, 1.165) is 12.0 Å². The standard InChI is InChI=1S/C17H24N2O2/c1-4-13-17(21)19(15(6-3)16(20)18-13)14(5-2)12-10-8-7-9-11-12/h7-11,13-15H,4-6H2,1-3H3,(H,18,20). The Morgan fingerprint density at radius 1 is 1.10 bits per heavy atom. The lowest BCUT2D eigenvalue weighted by atomic mass is 9.95. The van der Waals surface area contributed by atoms with Crippen molar-refractivity contribution in [3.05, 3.63) is 35.9 Å². The summed E-state index contributed by atoms with van der Waals surface area (Å²) in [4.78, 5) is 26.9. The molecular weight excluding hydrogens is 264 g/mol. The maximum Gasteiger partial charge on any atom is 0.246 e. The van der Waals surface area contributed by atoms with E-state index in [4.69, 9.17) is 0 Å². The lowest BCUT2D eigenvalue weighted by molar-refractivity contribution is -0.152. The van der Waals surface area contributed by atoms with Crippen LogP contribution in [0.3, 0.4) is 0 Å². The third kappa shape index (κ3) is 2.94. The van der Waals surface area contributed by atoms with Crippen LogP contribution >= 0.6 is 0 Å². The summed E-state index contributed by atoms with van der Waals surface area (Å²) in [6.45, 7) is 5.94. The monoisotopic (exact) mass is 288 g/mol. The normalized spacial score (nSPS) is 23.9. The van der Waals surface area contributed by atoms with Crippen LogP contribution in [0.1, 0.15) is 51.6 Å². The first-order valence-corrected chi connectivity index (χ1v) is 7.81. The van der Waals surface area contributed by atoms with E-state index in [0.29, 0.717) is 12.8 Å². The minimum atomic E-state index is -0.391. The molecule has 1 saturated heterocycles. The number of benzene rings is 1. The van der Waals surface area contributed by atoms with Gasteiger partial charge in [-0.25, -0.2) is 0 Å². The van der Waals surface area contributed by atoms with Gasteiger partial charge in [0.15, 0.2) is 0 Å². The molecule has 0 bridgehead atoms. The topological polar surface area (TPSA) is 49.4 Å². The van der Waals surface area contributed by atoms with Gasteiger partial charge in [0.2, 0.25) is 11.8 Å². The third-order valence-corrected chi connectivity index (χ3v) is 4.21. The van der Waals surface area contributed by atoms with Crippen molar-refractivity contribution in [1.82, 2.24) is 10.2 Å². The van der Waals surface area contributed by atoms with E-state index in [-0.39, 0.29) is 23.9 Å². The van der Waals surface area contributed by atoms with Crippen LogP contribution < -0.4 is 5.32 Å².